The van der Waals surface area contributed by atoms with Crippen molar-refractivity contribution < 1.29 is 32.3 Å². The topological polar surface area (TPSA) is 69.2 Å². The van der Waals surface area contributed by atoms with Crippen molar-refractivity contribution in [1.82, 2.24) is 0 Å². The number of nitrogens with one attached hydrogen (secondary N) is 1. The lowest BCUT2D eigenvalue weighted by Crippen LogP contribution is -2.18. The molecule has 0 radical (unpaired) electrons. The lowest BCUT2D eigenvalue weighted by atomic mass is 10.2. The number of nitrogens with zero attached hydrogens (tertiary/aromatic N) is 1. The van der Waals surface area contributed by atoms with Gasteiger partial charge < -0.3 is 19.6 Å². The SMILES string of the molecule is CCCOc1ccc(/C=N\OCC(=O)Nc2ccc(F)c(F)c2F)cc1OC. The summed E-state index contributed by atoms with van der Waals surface area (Å²) in [5, 5.41) is 5.70. The number of oxime groups is 1. The Morgan fingerprint density at radius 3 is 2.64 bits per heavy atom. The van der Waals surface area contributed by atoms with Crippen LogP contribution in [-0.4, -0.2) is 32.4 Å². The van der Waals surface area contributed by atoms with Crippen molar-refractivity contribution in [1.29, 1.82) is 0 Å². The van der Waals surface area contributed by atoms with Crippen molar-refractivity contribution in [2.75, 3.05) is 25.6 Å². The number of carbonyl (C=O) groups excluding carboxylic acids is 1. The molecule has 0 saturated carbocycles. The number of amides is 1. The molecule has 0 atom stereocenters. The van der Waals surface area contributed by atoms with Gasteiger partial charge in [0.05, 0.1) is 25.6 Å². The Morgan fingerprint density at radius 1 is 1.14 bits per heavy atom. The zero-order valence-electron chi connectivity index (χ0n) is 15.3. The van der Waals surface area contributed by atoms with Gasteiger partial charge in [-0.2, -0.15) is 0 Å². The van der Waals surface area contributed by atoms with Crippen molar-refractivity contribution in [3.8, 4) is 11.5 Å². The maximum Gasteiger partial charge on any atom is 0.265 e. The number of hydrogen-bond acceptors (Lipinski definition) is 5. The van der Waals surface area contributed by atoms with E-state index in [0.717, 1.165) is 12.5 Å². The fourth-order valence-electron chi connectivity index (χ4n) is 2.10. The number of halogens is 3. The number of benzene rings is 2. The summed E-state index contributed by atoms with van der Waals surface area (Å²) < 4.78 is 50.2. The third-order valence-corrected chi connectivity index (χ3v) is 3.43. The van der Waals surface area contributed by atoms with Gasteiger partial charge in [-0.25, -0.2) is 13.2 Å². The highest BCUT2D eigenvalue weighted by molar-refractivity contribution is 5.91. The third kappa shape index (κ3) is 5.63. The fraction of sp³-hybridized carbons (Fsp3) is 0.263. The molecular formula is C19H19F3N2O4. The summed E-state index contributed by atoms with van der Waals surface area (Å²) in [5.74, 6) is -4.19. The van der Waals surface area contributed by atoms with E-state index in [4.69, 9.17) is 14.3 Å². The average Bonchev–Trinajstić information content (AvgIpc) is 2.70. The van der Waals surface area contributed by atoms with Crippen LogP contribution in [0.3, 0.4) is 0 Å². The van der Waals surface area contributed by atoms with Gasteiger partial charge in [-0.05, 0) is 36.8 Å². The van der Waals surface area contributed by atoms with Crippen molar-refractivity contribution in [3.05, 3.63) is 53.3 Å². The van der Waals surface area contributed by atoms with E-state index in [2.05, 4.69) is 10.5 Å². The van der Waals surface area contributed by atoms with Gasteiger partial charge >= 0.3 is 0 Å². The fourth-order valence-corrected chi connectivity index (χ4v) is 2.10. The molecule has 0 heterocycles. The molecule has 0 aromatic heterocycles. The number of hydrogen-bond donors (Lipinski definition) is 1. The first-order valence-electron chi connectivity index (χ1n) is 8.35. The highest BCUT2D eigenvalue weighted by atomic mass is 19.2. The molecule has 0 saturated heterocycles. The molecule has 0 bridgehead atoms. The van der Waals surface area contributed by atoms with Crippen molar-refractivity contribution in [2.24, 2.45) is 5.16 Å². The van der Waals surface area contributed by atoms with Gasteiger partial charge in [0.1, 0.15) is 0 Å². The minimum atomic E-state index is -1.67. The van der Waals surface area contributed by atoms with E-state index in [1.807, 2.05) is 6.92 Å². The summed E-state index contributed by atoms with van der Waals surface area (Å²) in [5.41, 5.74) is 0.136. The number of methoxy groups -OCH3 is 1. The summed E-state index contributed by atoms with van der Waals surface area (Å²) in [6, 6.07) is 6.72. The Balaban J connectivity index is 1.89. The second-order valence-corrected chi connectivity index (χ2v) is 5.54. The predicted molar refractivity (Wildman–Crippen MR) is 97.3 cm³/mol. The van der Waals surface area contributed by atoms with Crippen molar-refractivity contribution in [2.45, 2.75) is 13.3 Å². The summed E-state index contributed by atoms with van der Waals surface area (Å²) >= 11 is 0. The molecule has 0 unspecified atom stereocenters. The van der Waals surface area contributed by atoms with Gasteiger partial charge in [-0.15, -0.1) is 0 Å². The van der Waals surface area contributed by atoms with E-state index in [9.17, 15) is 18.0 Å². The molecule has 2 rings (SSSR count). The van der Waals surface area contributed by atoms with Gasteiger partial charge in [-0.3, -0.25) is 4.79 Å². The molecule has 9 heteroatoms. The summed E-state index contributed by atoms with van der Waals surface area (Å²) in [4.78, 5) is 16.5. The highest BCUT2D eigenvalue weighted by Gasteiger charge is 2.15. The molecule has 150 valence electrons. The third-order valence-electron chi connectivity index (χ3n) is 3.43. The number of anilines is 1. The molecule has 0 spiro atoms. The van der Waals surface area contributed by atoms with Crippen LogP contribution in [0.1, 0.15) is 18.9 Å². The Kier molecular flexibility index (Phi) is 7.67. The highest BCUT2D eigenvalue weighted by Crippen LogP contribution is 2.27. The molecule has 0 aliphatic carbocycles. The molecular weight excluding hydrogens is 377 g/mol. The molecule has 2 aromatic carbocycles. The average molecular weight is 396 g/mol. The van der Waals surface area contributed by atoms with E-state index in [1.165, 1.54) is 13.3 Å². The number of ether oxygens (including phenoxy) is 2. The molecule has 1 N–H and O–H groups in total. The van der Waals surface area contributed by atoms with Crippen LogP contribution in [-0.2, 0) is 9.63 Å². The second kappa shape index (κ2) is 10.2. The zero-order chi connectivity index (χ0) is 20.5. The molecule has 0 aliphatic rings. The summed E-state index contributed by atoms with van der Waals surface area (Å²) in [6.45, 7) is 1.99. The van der Waals surface area contributed by atoms with Crippen LogP contribution in [0.5, 0.6) is 11.5 Å². The quantitative estimate of drug-likeness (QED) is 0.397. The lowest BCUT2D eigenvalue weighted by Gasteiger charge is -2.10. The standard InChI is InChI=1S/C19H19F3N2O4/c1-3-8-27-15-7-4-12(9-16(15)26-2)10-23-28-11-17(25)24-14-6-5-13(20)18(21)19(14)22/h4-7,9-10H,3,8,11H2,1-2H3,(H,24,25)/b23-10-. The summed E-state index contributed by atoms with van der Waals surface area (Å²) in [6.07, 6.45) is 2.20. The Labute approximate surface area is 159 Å². The van der Waals surface area contributed by atoms with E-state index in [1.54, 1.807) is 18.2 Å². The minimum Gasteiger partial charge on any atom is -0.493 e. The lowest BCUT2D eigenvalue weighted by molar-refractivity contribution is -0.120. The first-order chi connectivity index (χ1) is 13.5. The molecule has 1 amide bonds. The van der Waals surface area contributed by atoms with Crippen LogP contribution in [0.2, 0.25) is 0 Å². The largest absolute Gasteiger partial charge is 0.493 e. The maximum absolute atomic E-state index is 13.5. The van der Waals surface area contributed by atoms with Gasteiger partial charge in [0.25, 0.3) is 5.91 Å². The van der Waals surface area contributed by atoms with Crippen LogP contribution in [0.4, 0.5) is 18.9 Å². The van der Waals surface area contributed by atoms with E-state index < -0.39 is 35.7 Å². The molecule has 0 aliphatic heterocycles. The Bertz CT molecular complexity index is 859. The van der Waals surface area contributed by atoms with Gasteiger partial charge in [-0.1, -0.05) is 12.1 Å². The van der Waals surface area contributed by atoms with Crippen LogP contribution >= 0.6 is 0 Å². The first kappa shape index (κ1) is 21.1. The first-order valence-corrected chi connectivity index (χ1v) is 8.35. The number of rotatable bonds is 9. The predicted octanol–water partition coefficient (Wildman–Crippen LogP) is 3.89. The zero-order valence-corrected chi connectivity index (χ0v) is 15.3. The van der Waals surface area contributed by atoms with Crippen LogP contribution in [0.25, 0.3) is 0 Å². The Hall–Kier alpha value is -3.23. The van der Waals surface area contributed by atoms with Crippen LogP contribution in [0, 0.1) is 17.5 Å². The van der Waals surface area contributed by atoms with Gasteiger partial charge in [0.2, 0.25) is 0 Å². The number of carbonyl (C=O) groups is 1. The van der Waals surface area contributed by atoms with E-state index in [0.29, 0.717) is 29.7 Å². The summed E-state index contributed by atoms with van der Waals surface area (Å²) in [7, 11) is 1.51. The Morgan fingerprint density at radius 2 is 1.93 bits per heavy atom. The second-order valence-electron chi connectivity index (χ2n) is 5.54. The molecule has 28 heavy (non-hydrogen) atoms. The van der Waals surface area contributed by atoms with Gasteiger partial charge in [0.15, 0.2) is 35.6 Å². The minimum absolute atomic E-state index is 0.496. The molecule has 6 nitrogen and oxygen atoms in total. The normalized spacial score (nSPS) is 10.8. The molecule has 2 aromatic rings. The van der Waals surface area contributed by atoms with Crippen molar-refractivity contribution >= 4 is 17.8 Å². The molecule has 0 fully saturated rings. The van der Waals surface area contributed by atoms with Crippen molar-refractivity contribution in [3.63, 3.8) is 0 Å². The maximum atomic E-state index is 13.5. The van der Waals surface area contributed by atoms with Gasteiger partial charge in [0, 0.05) is 5.56 Å². The van der Waals surface area contributed by atoms with Crippen LogP contribution in [0.15, 0.2) is 35.5 Å². The van der Waals surface area contributed by atoms with E-state index in [-0.39, 0.29) is 0 Å². The van der Waals surface area contributed by atoms with E-state index >= 15 is 0 Å². The monoisotopic (exact) mass is 396 g/mol. The van der Waals surface area contributed by atoms with Crippen LogP contribution < -0.4 is 14.8 Å². The smallest absolute Gasteiger partial charge is 0.265 e.